The molecule has 0 amide bonds. The highest BCUT2D eigenvalue weighted by Gasteiger charge is 2.11. The molecule has 4 nitrogen and oxygen atoms in total. The van der Waals surface area contributed by atoms with Gasteiger partial charge in [0.2, 0.25) is 0 Å². The van der Waals surface area contributed by atoms with Crippen molar-refractivity contribution in [3.63, 3.8) is 0 Å². The van der Waals surface area contributed by atoms with Crippen molar-refractivity contribution in [2.24, 2.45) is 5.73 Å². The number of hydrogen-bond acceptors (Lipinski definition) is 4. The quantitative estimate of drug-likeness (QED) is 0.804. The predicted octanol–water partition coefficient (Wildman–Crippen LogP) is 1.93. The van der Waals surface area contributed by atoms with Crippen LogP contribution in [0, 0.1) is 6.92 Å². The summed E-state index contributed by atoms with van der Waals surface area (Å²) in [6, 6.07) is 1.87. The molecular weight excluding hydrogens is 200 g/mol. The molecule has 0 aliphatic carbocycles. The second-order valence-corrected chi connectivity index (χ2v) is 3.97. The van der Waals surface area contributed by atoms with Crippen molar-refractivity contribution in [3.05, 3.63) is 29.7 Å². The topological polar surface area (TPSA) is 77.8 Å². The van der Waals surface area contributed by atoms with Gasteiger partial charge in [-0.2, -0.15) is 0 Å². The molecule has 0 radical (unpaired) electrons. The molecule has 4 heteroatoms. The number of nitrogen functional groups attached to an aromatic ring is 1. The molecule has 16 heavy (non-hydrogen) atoms. The molecule has 2 heterocycles. The maximum absolute atomic E-state index is 6.06. The van der Waals surface area contributed by atoms with E-state index in [4.69, 9.17) is 11.5 Å². The van der Waals surface area contributed by atoms with Crippen molar-refractivity contribution in [2.45, 2.75) is 26.3 Å². The molecule has 0 aliphatic rings. The van der Waals surface area contributed by atoms with Gasteiger partial charge < -0.3 is 11.5 Å². The number of aromatic nitrogens is 2. The van der Waals surface area contributed by atoms with Gasteiger partial charge in [-0.3, -0.25) is 4.98 Å². The fourth-order valence-corrected chi connectivity index (χ4v) is 1.82. The van der Waals surface area contributed by atoms with Crippen LogP contribution in [0.25, 0.3) is 10.8 Å². The van der Waals surface area contributed by atoms with E-state index in [0.29, 0.717) is 5.82 Å². The molecule has 0 aliphatic heterocycles. The highest BCUT2D eigenvalue weighted by molar-refractivity contribution is 5.88. The standard InChI is InChI=1S/C12H16N4/c1-3-11(13)10-6-15-7(2)9-5-16-12(14)4-8(9)10/h4-6,11H,3,13H2,1-2H3,(H2,14,16)/t11-/m0/s1. The van der Waals surface area contributed by atoms with E-state index in [1.54, 1.807) is 6.20 Å². The van der Waals surface area contributed by atoms with Crippen molar-refractivity contribution in [1.29, 1.82) is 0 Å². The van der Waals surface area contributed by atoms with Crippen LogP contribution in [0.2, 0.25) is 0 Å². The highest BCUT2D eigenvalue weighted by Crippen LogP contribution is 2.26. The minimum absolute atomic E-state index is 0.00241. The Morgan fingerprint density at radius 3 is 2.69 bits per heavy atom. The Hall–Kier alpha value is -1.68. The maximum Gasteiger partial charge on any atom is 0.123 e. The molecule has 0 saturated heterocycles. The van der Waals surface area contributed by atoms with E-state index < -0.39 is 0 Å². The molecule has 84 valence electrons. The zero-order chi connectivity index (χ0) is 11.7. The third-order valence-corrected chi connectivity index (χ3v) is 2.86. The molecule has 2 rings (SSSR count). The molecule has 0 aromatic carbocycles. The Bertz CT molecular complexity index is 522. The van der Waals surface area contributed by atoms with Gasteiger partial charge in [0.25, 0.3) is 0 Å². The van der Waals surface area contributed by atoms with E-state index in [-0.39, 0.29) is 6.04 Å². The Balaban J connectivity index is 2.75. The van der Waals surface area contributed by atoms with Crippen molar-refractivity contribution in [1.82, 2.24) is 9.97 Å². The summed E-state index contributed by atoms with van der Waals surface area (Å²) < 4.78 is 0. The van der Waals surface area contributed by atoms with Gasteiger partial charge in [-0.1, -0.05) is 6.92 Å². The van der Waals surface area contributed by atoms with Gasteiger partial charge in [0.1, 0.15) is 5.82 Å². The lowest BCUT2D eigenvalue weighted by molar-refractivity contribution is 0.701. The van der Waals surface area contributed by atoms with Crippen molar-refractivity contribution < 1.29 is 0 Å². The first-order valence-electron chi connectivity index (χ1n) is 5.39. The van der Waals surface area contributed by atoms with Crippen LogP contribution >= 0.6 is 0 Å². The number of hydrogen-bond donors (Lipinski definition) is 2. The zero-order valence-electron chi connectivity index (χ0n) is 9.57. The first-order chi connectivity index (χ1) is 7.63. The van der Waals surface area contributed by atoms with E-state index >= 15 is 0 Å². The van der Waals surface area contributed by atoms with E-state index in [1.165, 1.54) is 0 Å². The highest BCUT2D eigenvalue weighted by atomic mass is 14.8. The van der Waals surface area contributed by atoms with E-state index in [0.717, 1.165) is 28.5 Å². The molecule has 0 saturated carbocycles. The van der Waals surface area contributed by atoms with Gasteiger partial charge in [0, 0.05) is 29.5 Å². The van der Waals surface area contributed by atoms with Crippen molar-refractivity contribution in [2.75, 3.05) is 5.73 Å². The molecule has 2 aromatic rings. The third-order valence-electron chi connectivity index (χ3n) is 2.86. The zero-order valence-corrected chi connectivity index (χ0v) is 9.57. The molecular formula is C12H16N4. The van der Waals surface area contributed by atoms with Crippen LogP contribution in [-0.2, 0) is 0 Å². The molecule has 0 unspecified atom stereocenters. The summed E-state index contributed by atoms with van der Waals surface area (Å²) >= 11 is 0. The van der Waals surface area contributed by atoms with Crippen molar-refractivity contribution >= 4 is 16.6 Å². The Kier molecular flexibility index (Phi) is 2.75. The molecule has 2 aromatic heterocycles. The molecule has 0 bridgehead atoms. The summed E-state index contributed by atoms with van der Waals surface area (Å²) in [5, 5.41) is 2.09. The summed E-state index contributed by atoms with van der Waals surface area (Å²) in [6.07, 6.45) is 4.48. The van der Waals surface area contributed by atoms with E-state index in [9.17, 15) is 0 Å². The minimum Gasteiger partial charge on any atom is -0.384 e. The van der Waals surface area contributed by atoms with Gasteiger partial charge in [-0.15, -0.1) is 0 Å². The third kappa shape index (κ3) is 1.72. The number of anilines is 1. The summed E-state index contributed by atoms with van der Waals surface area (Å²) in [5.41, 5.74) is 13.8. The lowest BCUT2D eigenvalue weighted by atomic mass is 10.0. The SMILES string of the molecule is CC[C@H](N)c1cnc(C)c2cnc(N)cc12. The molecule has 4 N–H and O–H groups in total. The largest absolute Gasteiger partial charge is 0.384 e. The van der Waals surface area contributed by atoms with Gasteiger partial charge >= 0.3 is 0 Å². The smallest absolute Gasteiger partial charge is 0.123 e. The number of aryl methyl sites for hydroxylation is 1. The van der Waals surface area contributed by atoms with E-state index in [2.05, 4.69) is 16.9 Å². The second-order valence-electron chi connectivity index (χ2n) is 3.97. The summed E-state index contributed by atoms with van der Waals surface area (Å²) in [6.45, 7) is 4.02. The van der Waals surface area contributed by atoms with Crippen molar-refractivity contribution in [3.8, 4) is 0 Å². The Morgan fingerprint density at radius 1 is 1.25 bits per heavy atom. The number of rotatable bonds is 2. The molecule has 1 atom stereocenters. The van der Waals surface area contributed by atoms with Gasteiger partial charge in [-0.05, 0) is 30.4 Å². The van der Waals surface area contributed by atoms with Gasteiger partial charge in [0.15, 0.2) is 0 Å². The number of nitrogens with two attached hydrogens (primary N) is 2. The van der Waals surface area contributed by atoms with Crippen LogP contribution in [-0.4, -0.2) is 9.97 Å². The lowest BCUT2D eigenvalue weighted by Crippen LogP contribution is -2.10. The number of fused-ring (bicyclic) bond motifs is 1. The Labute approximate surface area is 94.7 Å². The van der Waals surface area contributed by atoms with Gasteiger partial charge in [-0.25, -0.2) is 4.98 Å². The summed E-state index contributed by atoms with van der Waals surface area (Å²) in [4.78, 5) is 8.44. The summed E-state index contributed by atoms with van der Waals surface area (Å²) in [7, 11) is 0. The average molecular weight is 216 g/mol. The average Bonchev–Trinajstić information content (AvgIpc) is 2.28. The normalized spacial score (nSPS) is 12.9. The lowest BCUT2D eigenvalue weighted by Gasteiger charge is -2.13. The van der Waals surface area contributed by atoms with Crippen LogP contribution in [0.15, 0.2) is 18.5 Å². The monoisotopic (exact) mass is 216 g/mol. The molecule has 0 spiro atoms. The Morgan fingerprint density at radius 2 is 2.00 bits per heavy atom. The molecule has 0 fully saturated rings. The summed E-state index contributed by atoms with van der Waals surface area (Å²) in [5.74, 6) is 0.516. The second kappa shape index (κ2) is 4.06. The first kappa shape index (κ1) is 10.8. The number of pyridine rings is 2. The maximum atomic E-state index is 6.06. The fraction of sp³-hybridized carbons (Fsp3) is 0.333. The first-order valence-corrected chi connectivity index (χ1v) is 5.39. The fourth-order valence-electron chi connectivity index (χ4n) is 1.82. The predicted molar refractivity (Wildman–Crippen MR) is 65.9 cm³/mol. The van der Waals surface area contributed by atoms with Crippen LogP contribution in [0.3, 0.4) is 0 Å². The van der Waals surface area contributed by atoms with Gasteiger partial charge in [0.05, 0.1) is 0 Å². The van der Waals surface area contributed by atoms with Crippen LogP contribution in [0.4, 0.5) is 5.82 Å². The van der Waals surface area contributed by atoms with Crippen LogP contribution in [0.5, 0.6) is 0 Å². The van der Waals surface area contributed by atoms with Crippen LogP contribution < -0.4 is 11.5 Å². The van der Waals surface area contributed by atoms with Crippen LogP contribution in [0.1, 0.15) is 30.6 Å². The minimum atomic E-state index is -0.00241. The number of nitrogens with zero attached hydrogens (tertiary/aromatic N) is 2. The van der Waals surface area contributed by atoms with E-state index in [1.807, 2.05) is 19.2 Å².